The molecule has 0 aliphatic carbocycles. The quantitative estimate of drug-likeness (QED) is 0.849. The molecule has 2 N–H and O–H groups in total. The summed E-state index contributed by atoms with van der Waals surface area (Å²) in [5.74, 6) is -2.46. The highest BCUT2D eigenvalue weighted by atomic mass is 79.9. The first kappa shape index (κ1) is 14.4. The van der Waals surface area contributed by atoms with Gasteiger partial charge in [0.25, 0.3) is 0 Å². The number of esters is 1. The van der Waals surface area contributed by atoms with Gasteiger partial charge in [-0.25, -0.2) is 18.6 Å². The number of imidazole rings is 1. The summed E-state index contributed by atoms with van der Waals surface area (Å²) in [7, 11) is 1.16. The Labute approximate surface area is 121 Å². The van der Waals surface area contributed by atoms with E-state index in [4.69, 9.17) is 5.73 Å². The molecule has 0 saturated carbocycles. The number of anilines is 1. The highest BCUT2D eigenvalue weighted by Gasteiger charge is 2.24. The lowest BCUT2D eigenvalue weighted by atomic mass is 10.2. The summed E-state index contributed by atoms with van der Waals surface area (Å²) in [5, 5.41) is 0. The summed E-state index contributed by atoms with van der Waals surface area (Å²) >= 11 is 2.99. The first-order valence-electron chi connectivity index (χ1n) is 5.44. The summed E-state index contributed by atoms with van der Waals surface area (Å²) in [6.45, 7) is 1.48. The number of nitrogen functional groups attached to an aromatic ring is 1. The number of methoxy groups -OCH3 is 1. The Hall–Kier alpha value is -1.96. The molecule has 1 aromatic carbocycles. The smallest absolute Gasteiger partial charge is 0.360 e. The van der Waals surface area contributed by atoms with Gasteiger partial charge in [-0.3, -0.25) is 4.57 Å². The second kappa shape index (κ2) is 5.20. The molecule has 0 fully saturated rings. The maximum atomic E-state index is 14.0. The van der Waals surface area contributed by atoms with Crippen LogP contribution in [0.25, 0.3) is 5.69 Å². The molecule has 1 heterocycles. The molecule has 20 heavy (non-hydrogen) atoms. The predicted molar refractivity (Wildman–Crippen MR) is 71.7 cm³/mol. The fourth-order valence-corrected chi connectivity index (χ4v) is 2.23. The van der Waals surface area contributed by atoms with Crippen LogP contribution < -0.4 is 5.73 Å². The van der Waals surface area contributed by atoms with E-state index in [9.17, 15) is 13.6 Å². The average molecular weight is 346 g/mol. The number of hydrogen-bond acceptors (Lipinski definition) is 4. The lowest BCUT2D eigenvalue weighted by molar-refractivity contribution is 0.0596. The molecule has 0 spiro atoms. The molecule has 2 aromatic rings. The number of rotatable bonds is 2. The van der Waals surface area contributed by atoms with Crippen molar-refractivity contribution in [3.8, 4) is 5.69 Å². The van der Waals surface area contributed by atoms with Crippen molar-refractivity contribution < 1.29 is 18.3 Å². The number of benzene rings is 1. The Balaban J connectivity index is 2.71. The van der Waals surface area contributed by atoms with Crippen LogP contribution in [0.4, 0.5) is 14.6 Å². The van der Waals surface area contributed by atoms with Crippen molar-refractivity contribution in [2.24, 2.45) is 0 Å². The number of ether oxygens (including phenoxy) is 1. The number of nitrogens with zero attached hydrogens (tertiary/aromatic N) is 2. The van der Waals surface area contributed by atoms with Gasteiger partial charge in [-0.05, 0) is 19.1 Å². The number of carbonyl (C=O) groups is 1. The largest absolute Gasteiger partial charge is 0.464 e. The van der Waals surface area contributed by atoms with Gasteiger partial charge in [-0.15, -0.1) is 0 Å². The van der Waals surface area contributed by atoms with Gasteiger partial charge in [0.15, 0.2) is 17.3 Å². The van der Waals surface area contributed by atoms with Gasteiger partial charge in [0.2, 0.25) is 0 Å². The molecule has 0 aliphatic rings. The minimum Gasteiger partial charge on any atom is -0.464 e. The predicted octanol–water partition coefficient (Wildman–Crippen LogP) is 2.59. The van der Waals surface area contributed by atoms with E-state index in [1.165, 1.54) is 6.92 Å². The minimum absolute atomic E-state index is 0.169. The maximum Gasteiger partial charge on any atom is 0.360 e. The number of halogens is 3. The number of aromatic nitrogens is 2. The second-order valence-electron chi connectivity index (χ2n) is 3.94. The van der Waals surface area contributed by atoms with Crippen LogP contribution in [-0.2, 0) is 4.74 Å². The van der Waals surface area contributed by atoms with Crippen LogP contribution in [-0.4, -0.2) is 22.6 Å². The van der Waals surface area contributed by atoms with E-state index in [-0.39, 0.29) is 21.8 Å². The molecule has 5 nitrogen and oxygen atoms in total. The van der Waals surface area contributed by atoms with Crippen LogP contribution in [0, 0.1) is 18.6 Å². The lowest BCUT2D eigenvalue weighted by Crippen LogP contribution is -2.10. The van der Waals surface area contributed by atoms with E-state index in [0.717, 1.165) is 23.8 Å². The van der Waals surface area contributed by atoms with Crippen molar-refractivity contribution in [2.45, 2.75) is 6.92 Å². The summed E-state index contributed by atoms with van der Waals surface area (Å²) in [6.07, 6.45) is 0. The molecule has 0 amide bonds. The molecule has 0 aliphatic heterocycles. The highest BCUT2D eigenvalue weighted by molar-refractivity contribution is 9.10. The van der Waals surface area contributed by atoms with E-state index in [1.54, 1.807) is 0 Å². The molecule has 106 valence electrons. The van der Waals surface area contributed by atoms with Crippen LogP contribution in [0.5, 0.6) is 0 Å². The zero-order chi connectivity index (χ0) is 15.0. The molecular formula is C12H10BrF2N3O2. The van der Waals surface area contributed by atoms with Gasteiger partial charge in [0.1, 0.15) is 17.3 Å². The van der Waals surface area contributed by atoms with Crippen LogP contribution in [0.15, 0.2) is 16.6 Å². The van der Waals surface area contributed by atoms with E-state index in [1.807, 2.05) is 0 Å². The third-order valence-electron chi connectivity index (χ3n) is 2.66. The van der Waals surface area contributed by atoms with Crippen molar-refractivity contribution in [2.75, 3.05) is 12.8 Å². The van der Waals surface area contributed by atoms with Crippen molar-refractivity contribution in [1.29, 1.82) is 0 Å². The van der Waals surface area contributed by atoms with Crippen molar-refractivity contribution in [3.05, 3.63) is 39.8 Å². The Morgan fingerprint density at radius 1 is 1.40 bits per heavy atom. The summed E-state index contributed by atoms with van der Waals surface area (Å²) < 4.78 is 33.7. The molecule has 0 bridgehead atoms. The molecule has 0 atom stereocenters. The number of aryl methyl sites for hydroxylation is 1. The fourth-order valence-electron chi connectivity index (χ4n) is 1.83. The topological polar surface area (TPSA) is 70.1 Å². The standard InChI is InChI=1S/C12H10BrF2N3O2/c1-5-17-9(12(19)20-2)11(16)18(5)10-7(14)3-6(13)4-8(10)15/h3-4H,16H2,1-2H3. The number of hydrogen-bond donors (Lipinski definition) is 1. The highest BCUT2D eigenvalue weighted by Crippen LogP contribution is 2.28. The summed E-state index contributed by atoms with van der Waals surface area (Å²) in [5.41, 5.74) is 5.16. The Morgan fingerprint density at radius 3 is 2.45 bits per heavy atom. The third-order valence-corrected chi connectivity index (χ3v) is 3.12. The first-order valence-corrected chi connectivity index (χ1v) is 6.24. The van der Waals surface area contributed by atoms with Crippen molar-refractivity contribution in [1.82, 2.24) is 9.55 Å². The molecule has 1 aromatic heterocycles. The van der Waals surface area contributed by atoms with E-state index in [0.29, 0.717) is 0 Å². The maximum absolute atomic E-state index is 14.0. The number of nitrogens with two attached hydrogens (primary N) is 1. The van der Waals surface area contributed by atoms with Gasteiger partial charge in [-0.1, -0.05) is 15.9 Å². The molecule has 0 radical (unpaired) electrons. The second-order valence-corrected chi connectivity index (χ2v) is 4.85. The SMILES string of the molecule is COC(=O)c1nc(C)n(-c2c(F)cc(Br)cc2F)c1N. The van der Waals surface area contributed by atoms with Gasteiger partial charge >= 0.3 is 5.97 Å². The Morgan fingerprint density at radius 2 is 1.95 bits per heavy atom. The molecule has 0 unspecified atom stereocenters. The number of carbonyl (C=O) groups excluding carboxylic acids is 1. The van der Waals surface area contributed by atoms with Gasteiger partial charge in [-0.2, -0.15) is 0 Å². The van der Waals surface area contributed by atoms with E-state index >= 15 is 0 Å². The minimum atomic E-state index is -0.833. The van der Waals surface area contributed by atoms with Gasteiger partial charge in [0, 0.05) is 4.47 Å². The van der Waals surface area contributed by atoms with Crippen LogP contribution in [0.2, 0.25) is 0 Å². The molecule has 8 heteroatoms. The van der Waals surface area contributed by atoms with Crippen molar-refractivity contribution >= 4 is 27.7 Å². The van der Waals surface area contributed by atoms with Gasteiger partial charge < -0.3 is 10.5 Å². The molecule has 0 saturated heterocycles. The fraction of sp³-hybridized carbons (Fsp3) is 0.167. The average Bonchev–Trinajstić information content (AvgIpc) is 2.65. The Bertz CT molecular complexity index is 677. The van der Waals surface area contributed by atoms with Crippen molar-refractivity contribution in [3.63, 3.8) is 0 Å². The Kier molecular flexibility index (Phi) is 3.76. The zero-order valence-electron chi connectivity index (χ0n) is 10.6. The monoisotopic (exact) mass is 345 g/mol. The first-order chi connectivity index (χ1) is 9.36. The molecule has 2 rings (SSSR count). The van der Waals surface area contributed by atoms with E-state index in [2.05, 4.69) is 25.7 Å². The van der Waals surface area contributed by atoms with Crippen LogP contribution >= 0.6 is 15.9 Å². The summed E-state index contributed by atoms with van der Waals surface area (Å²) in [6, 6.07) is 2.18. The zero-order valence-corrected chi connectivity index (χ0v) is 12.2. The third kappa shape index (κ3) is 2.26. The lowest BCUT2D eigenvalue weighted by Gasteiger charge is -2.10. The van der Waals surface area contributed by atoms with Crippen LogP contribution in [0.3, 0.4) is 0 Å². The molecular weight excluding hydrogens is 336 g/mol. The van der Waals surface area contributed by atoms with Gasteiger partial charge in [0.05, 0.1) is 7.11 Å². The van der Waals surface area contributed by atoms with E-state index < -0.39 is 23.3 Å². The normalized spacial score (nSPS) is 10.7. The summed E-state index contributed by atoms with van der Waals surface area (Å²) in [4.78, 5) is 15.4. The van der Waals surface area contributed by atoms with Crippen LogP contribution in [0.1, 0.15) is 16.3 Å².